The van der Waals surface area contributed by atoms with Crippen LogP contribution in [0.4, 0.5) is 4.79 Å². The Bertz CT molecular complexity index is 1820. The highest BCUT2D eigenvalue weighted by atomic mass is 16.5. The first-order chi connectivity index (χ1) is 21.1. The maximum absolute atomic E-state index is 14.0. The lowest BCUT2D eigenvalue weighted by atomic mass is 9.85. The van der Waals surface area contributed by atoms with Crippen LogP contribution in [0.3, 0.4) is 0 Å². The van der Waals surface area contributed by atoms with Gasteiger partial charge in [0.15, 0.2) is 0 Å². The highest BCUT2D eigenvalue weighted by Gasteiger charge is 2.30. The number of carbonyl (C=O) groups is 1. The maximum atomic E-state index is 14.0. The standard InChI is InChI=1S/C36H34N4O3/c1-2-28-16-9-10-17-30(28)24-40-33-32(20-21-39(35(33)41)23-26-12-5-3-6-13-26)38-34(40)29-18-11-19-31(22-29)37-36(42)43-25-27-14-7-4-8-15-27/h1,3-10,12-17,20-21,29,31H,11,18-19,22-25H2,(H,37,42). The number of carbonyl (C=O) groups excluding carboxylic acids is 1. The smallest absolute Gasteiger partial charge is 0.407 e. The van der Waals surface area contributed by atoms with E-state index in [9.17, 15) is 9.59 Å². The molecule has 1 N–H and O–H groups in total. The van der Waals surface area contributed by atoms with Crippen LogP contribution in [0.5, 0.6) is 0 Å². The predicted octanol–water partition coefficient (Wildman–Crippen LogP) is 6.23. The second-order valence-corrected chi connectivity index (χ2v) is 11.1. The summed E-state index contributed by atoms with van der Waals surface area (Å²) in [6, 6.07) is 29.3. The zero-order chi connectivity index (χ0) is 29.6. The molecule has 3 aromatic carbocycles. The van der Waals surface area contributed by atoms with Gasteiger partial charge in [0.05, 0.1) is 18.6 Å². The van der Waals surface area contributed by atoms with E-state index in [0.717, 1.165) is 47.3 Å². The Balaban J connectivity index is 1.30. The lowest BCUT2D eigenvalue weighted by Gasteiger charge is -2.29. The van der Waals surface area contributed by atoms with Gasteiger partial charge in [-0.1, -0.05) is 91.2 Å². The van der Waals surface area contributed by atoms with Crippen LogP contribution in [0.15, 0.2) is 102 Å². The van der Waals surface area contributed by atoms with Crippen LogP contribution in [0, 0.1) is 12.3 Å². The van der Waals surface area contributed by atoms with Gasteiger partial charge in [-0.25, -0.2) is 9.78 Å². The van der Waals surface area contributed by atoms with Crippen molar-refractivity contribution in [2.75, 3.05) is 0 Å². The average molecular weight is 571 g/mol. The number of aromatic nitrogens is 3. The van der Waals surface area contributed by atoms with Gasteiger partial charge in [-0.05, 0) is 48.1 Å². The lowest BCUT2D eigenvalue weighted by Crippen LogP contribution is -2.38. The number of hydrogen-bond donors (Lipinski definition) is 1. The van der Waals surface area contributed by atoms with Gasteiger partial charge in [-0.2, -0.15) is 0 Å². The highest BCUT2D eigenvalue weighted by molar-refractivity contribution is 5.75. The number of pyridine rings is 1. The van der Waals surface area contributed by atoms with E-state index < -0.39 is 6.09 Å². The van der Waals surface area contributed by atoms with E-state index in [2.05, 4.69) is 15.8 Å². The Morgan fingerprint density at radius 1 is 0.930 bits per heavy atom. The van der Waals surface area contributed by atoms with Crippen LogP contribution in [0.2, 0.25) is 0 Å². The molecule has 2 atom stereocenters. The molecular formula is C36H34N4O3. The van der Waals surface area contributed by atoms with E-state index in [4.69, 9.17) is 16.1 Å². The van der Waals surface area contributed by atoms with Crippen LogP contribution >= 0.6 is 0 Å². The van der Waals surface area contributed by atoms with Crippen molar-refractivity contribution < 1.29 is 9.53 Å². The number of nitrogens with zero attached hydrogens (tertiary/aromatic N) is 3. The van der Waals surface area contributed by atoms with E-state index in [1.165, 1.54) is 0 Å². The van der Waals surface area contributed by atoms with Crippen molar-refractivity contribution in [2.45, 2.75) is 57.3 Å². The molecule has 1 aliphatic carbocycles. The number of terminal acetylenes is 1. The number of alkyl carbamates (subject to hydrolysis) is 1. The van der Waals surface area contributed by atoms with Gasteiger partial charge in [0, 0.05) is 23.7 Å². The molecule has 43 heavy (non-hydrogen) atoms. The van der Waals surface area contributed by atoms with Gasteiger partial charge in [0.1, 0.15) is 17.9 Å². The molecule has 2 heterocycles. The van der Waals surface area contributed by atoms with Gasteiger partial charge in [0.25, 0.3) is 5.56 Å². The van der Waals surface area contributed by atoms with E-state index in [1.54, 1.807) is 4.57 Å². The molecule has 1 fully saturated rings. The molecule has 0 aliphatic heterocycles. The molecule has 5 aromatic rings. The van der Waals surface area contributed by atoms with Gasteiger partial charge in [-0.15, -0.1) is 6.42 Å². The molecule has 7 heteroatoms. The first kappa shape index (κ1) is 28.0. The molecule has 0 radical (unpaired) electrons. The van der Waals surface area contributed by atoms with Crippen LogP contribution in [0.1, 0.15) is 59.7 Å². The zero-order valence-electron chi connectivity index (χ0n) is 24.0. The summed E-state index contributed by atoms with van der Waals surface area (Å²) in [6.07, 6.45) is 10.7. The molecule has 1 saturated carbocycles. The van der Waals surface area contributed by atoms with Gasteiger partial charge in [0.2, 0.25) is 0 Å². The summed E-state index contributed by atoms with van der Waals surface area (Å²) in [6.45, 7) is 1.13. The number of nitrogens with one attached hydrogen (secondary N) is 1. The Kier molecular flexibility index (Phi) is 8.37. The van der Waals surface area contributed by atoms with E-state index >= 15 is 0 Å². The van der Waals surface area contributed by atoms with Crippen molar-refractivity contribution in [2.24, 2.45) is 0 Å². The normalized spacial score (nSPS) is 16.4. The largest absolute Gasteiger partial charge is 0.445 e. The maximum Gasteiger partial charge on any atom is 0.407 e. The summed E-state index contributed by atoms with van der Waals surface area (Å²) in [5.41, 5.74) is 4.88. The first-order valence-electron chi connectivity index (χ1n) is 14.7. The second-order valence-electron chi connectivity index (χ2n) is 11.1. The summed E-state index contributed by atoms with van der Waals surface area (Å²) >= 11 is 0. The number of hydrogen-bond acceptors (Lipinski definition) is 4. The molecule has 6 rings (SSSR count). The minimum Gasteiger partial charge on any atom is -0.445 e. The molecule has 2 aromatic heterocycles. The Morgan fingerprint density at radius 3 is 2.42 bits per heavy atom. The van der Waals surface area contributed by atoms with E-state index in [-0.39, 0.29) is 24.1 Å². The predicted molar refractivity (Wildman–Crippen MR) is 168 cm³/mol. The number of benzene rings is 3. The summed E-state index contributed by atoms with van der Waals surface area (Å²) in [4.78, 5) is 31.7. The van der Waals surface area contributed by atoms with Crippen molar-refractivity contribution >= 4 is 17.1 Å². The SMILES string of the molecule is C#Cc1ccccc1Cn1c(C2CCCC(NC(=O)OCc3ccccc3)C2)nc2ccn(Cc3ccccc3)c(=O)c21. The van der Waals surface area contributed by atoms with Gasteiger partial charge in [-0.3, -0.25) is 4.79 Å². The average Bonchev–Trinajstić information content (AvgIpc) is 3.41. The number of imidazole rings is 1. The Hall–Kier alpha value is -5.09. The van der Waals surface area contributed by atoms with Crippen LogP contribution in [-0.4, -0.2) is 26.3 Å². The quantitative estimate of drug-likeness (QED) is 0.225. The minimum absolute atomic E-state index is 0.0528. The summed E-state index contributed by atoms with van der Waals surface area (Å²) in [5, 5.41) is 3.07. The molecule has 1 amide bonds. The molecule has 2 unspecified atom stereocenters. The van der Waals surface area contributed by atoms with Crippen molar-refractivity contribution in [1.82, 2.24) is 19.4 Å². The number of amides is 1. The molecular weight excluding hydrogens is 536 g/mol. The third-order valence-electron chi connectivity index (χ3n) is 8.17. The molecule has 216 valence electrons. The fraction of sp³-hybridized carbons (Fsp3) is 0.250. The number of fused-ring (bicyclic) bond motifs is 1. The zero-order valence-corrected chi connectivity index (χ0v) is 24.0. The topological polar surface area (TPSA) is 78.2 Å². The molecule has 0 bridgehead atoms. The first-order valence-corrected chi connectivity index (χ1v) is 14.7. The van der Waals surface area contributed by atoms with Crippen molar-refractivity contribution in [3.63, 3.8) is 0 Å². The highest BCUT2D eigenvalue weighted by Crippen LogP contribution is 2.34. The van der Waals surface area contributed by atoms with Gasteiger partial charge >= 0.3 is 6.09 Å². The van der Waals surface area contributed by atoms with Crippen LogP contribution in [0.25, 0.3) is 11.0 Å². The van der Waals surface area contributed by atoms with Gasteiger partial charge < -0.3 is 19.2 Å². The monoisotopic (exact) mass is 570 g/mol. The molecule has 7 nitrogen and oxygen atoms in total. The van der Waals surface area contributed by atoms with Crippen molar-refractivity contribution in [3.05, 3.63) is 136 Å². The fourth-order valence-electron chi connectivity index (χ4n) is 6.03. The molecule has 1 aliphatic rings. The summed E-state index contributed by atoms with van der Waals surface area (Å²) < 4.78 is 9.28. The third kappa shape index (κ3) is 6.39. The summed E-state index contributed by atoms with van der Waals surface area (Å²) in [7, 11) is 0. The summed E-state index contributed by atoms with van der Waals surface area (Å²) in [5.74, 6) is 3.69. The Labute approximate surface area is 251 Å². The number of rotatable bonds is 8. The van der Waals surface area contributed by atoms with E-state index in [1.807, 2.05) is 97.2 Å². The van der Waals surface area contributed by atoms with E-state index in [0.29, 0.717) is 30.5 Å². The molecule has 0 spiro atoms. The van der Waals surface area contributed by atoms with Crippen LogP contribution in [-0.2, 0) is 24.4 Å². The van der Waals surface area contributed by atoms with Crippen molar-refractivity contribution in [1.29, 1.82) is 0 Å². The molecule has 0 saturated heterocycles. The lowest BCUT2D eigenvalue weighted by molar-refractivity contribution is 0.132. The van der Waals surface area contributed by atoms with Crippen LogP contribution < -0.4 is 10.9 Å². The fourth-order valence-corrected chi connectivity index (χ4v) is 6.03. The van der Waals surface area contributed by atoms with Crippen molar-refractivity contribution in [3.8, 4) is 12.3 Å². The second kappa shape index (κ2) is 12.8. The number of ether oxygens (including phenoxy) is 1. The third-order valence-corrected chi connectivity index (χ3v) is 8.17. The minimum atomic E-state index is -0.422. The Morgan fingerprint density at radius 2 is 1.65 bits per heavy atom.